The van der Waals surface area contributed by atoms with E-state index in [0.717, 1.165) is 31.5 Å². The number of hydrogen-bond donors (Lipinski definition) is 2. The minimum atomic E-state index is -0.218. The Bertz CT molecular complexity index is 494. The van der Waals surface area contributed by atoms with Crippen LogP contribution in [0, 0.1) is 5.92 Å². The van der Waals surface area contributed by atoms with Crippen molar-refractivity contribution < 1.29 is 14.5 Å². The Morgan fingerprint density at radius 1 is 1.19 bits per heavy atom. The highest BCUT2D eigenvalue weighted by atomic mass is 16.2. The second kappa shape index (κ2) is 6.72. The Hall–Kier alpha value is -1.88. The summed E-state index contributed by atoms with van der Waals surface area (Å²) in [6.45, 7) is 1.60. The van der Waals surface area contributed by atoms with Gasteiger partial charge in [-0.3, -0.25) is 9.59 Å². The van der Waals surface area contributed by atoms with Gasteiger partial charge >= 0.3 is 0 Å². The highest BCUT2D eigenvalue weighted by Crippen LogP contribution is 2.15. The first kappa shape index (κ1) is 15.5. The van der Waals surface area contributed by atoms with Gasteiger partial charge in [0, 0.05) is 38.4 Å². The van der Waals surface area contributed by atoms with Gasteiger partial charge in [-0.25, -0.2) is 0 Å². The highest BCUT2D eigenvalue weighted by Gasteiger charge is 2.36. The van der Waals surface area contributed by atoms with Crippen LogP contribution in [0.4, 0.5) is 0 Å². The van der Waals surface area contributed by atoms with E-state index in [0.29, 0.717) is 0 Å². The topological polar surface area (TPSA) is 67.8 Å². The van der Waals surface area contributed by atoms with Gasteiger partial charge in [0.1, 0.15) is 0 Å². The van der Waals surface area contributed by atoms with Crippen LogP contribution in [0.5, 0.6) is 0 Å². The van der Waals surface area contributed by atoms with Crippen molar-refractivity contribution in [3.8, 4) is 0 Å². The van der Waals surface area contributed by atoms with Crippen molar-refractivity contribution in [3.05, 3.63) is 35.9 Å². The van der Waals surface area contributed by atoms with Gasteiger partial charge < -0.3 is 15.5 Å². The fraction of sp³-hybridized carbons (Fsp3) is 0.500. The lowest BCUT2D eigenvalue weighted by Crippen LogP contribution is -3.14. The molecule has 1 aromatic rings. The second-order valence-electron chi connectivity index (χ2n) is 5.91. The minimum Gasteiger partial charge on any atom is -0.369 e. The van der Waals surface area contributed by atoms with Gasteiger partial charge in [-0.05, 0) is 0 Å². The molecule has 1 heterocycles. The summed E-state index contributed by atoms with van der Waals surface area (Å²) in [5, 5.41) is 0. The third-order valence-corrected chi connectivity index (χ3v) is 4.26. The summed E-state index contributed by atoms with van der Waals surface area (Å²) in [7, 11) is 3.57. The van der Waals surface area contributed by atoms with E-state index in [-0.39, 0.29) is 23.8 Å². The Morgan fingerprint density at radius 3 is 2.24 bits per heavy atom. The van der Waals surface area contributed by atoms with E-state index in [9.17, 15) is 9.59 Å². The van der Waals surface area contributed by atoms with Crippen molar-refractivity contribution >= 4 is 11.8 Å². The zero-order chi connectivity index (χ0) is 15.4. The van der Waals surface area contributed by atoms with Crippen molar-refractivity contribution in [2.75, 3.05) is 27.2 Å². The number of piperidine rings is 1. The third kappa shape index (κ3) is 3.61. The Morgan fingerprint density at radius 2 is 1.76 bits per heavy atom. The van der Waals surface area contributed by atoms with E-state index in [4.69, 9.17) is 5.73 Å². The van der Waals surface area contributed by atoms with Crippen LogP contribution in [0.15, 0.2) is 30.3 Å². The quantitative estimate of drug-likeness (QED) is 0.792. The number of amides is 2. The second-order valence-corrected chi connectivity index (χ2v) is 5.91. The first-order valence-corrected chi connectivity index (χ1v) is 7.40. The molecular weight excluding hydrogens is 266 g/mol. The Labute approximate surface area is 125 Å². The Balaban J connectivity index is 2.18. The van der Waals surface area contributed by atoms with Gasteiger partial charge in [0.2, 0.25) is 5.91 Å². The summed E-state index contributed by atoms with van der Waals surface area (Å²) in [5.41, 5.74) is 6.42. The lowest BCUT2D eigenvalue weighted by molar-refractivity contribution is -0.927. The summed E-state index contributed by atoms with van der Waals surface area (Å²) in [5.74, 6) is -0.155. The summed E-state index contributed by atoms with van der Waals surface area (Å²) in [6.07, 6.45) is 1.52. The van der Waals surface area contributed by atoms with Crippen LogP contribution in [0.25, 0.3) is 0 Å². The SMILES string of the molecule is CN(C)C(=O)[C@H](c1ccccc1)[NH+]1CCC(C(N)=O)CC1. The number of carbonyl (C=O) groups is 2. The number of carbonyl (C=O) groups excluding carboxylic acids is 2. The molecule has 0 bridgehead atoms. The van der Waals surface area contributed by atoms with Gasteiger partial charge in [0.25, 0.3) is 5.91 Å². The number of nitrogens with two attached hydrogens (primary N) is 1. The smallest absolute Gasteiger partial charge is 0.285 e. The lowest BCUT2D eigenvalue weighted by atomic mass is 9.93. The van der Waals surface area contributed by atoms with Crippen LogP contribution < -0.4 is 10.6 Å². The maximum Gasteiger partial charge on any atom is 0.285 e. The molecule has 2 rings (SSSR count). The predicted molar refractivity (Wildman–Crippen MR) is 80.5 cm³/mol. The van der Waals surface area contributed by atoms with Crippen molar-refractivity contribution in [1.82, 2.24) is 4.90 Å². The number of quaternary nitrogens is 1. The average molecular weight is 290 g/mol. The van der Waals surface area contributed by atoms with Gasteiger partial charge in [-0.1, -0.05) is 30.3 Å². The molecule has 0 saturated carbocycles. The molecule has 1 saturated heterocycles. The highest BCUT2D eigenvalue weighted by molar-refractivity contribution is 5.81. The van der Waals surface area contributed by atoms with E-state index in [1.807, 2.05) is 30.3 Å². The summed E-state index contributed by atoms with van der Waals surface area (Å²) >= 11 is 0. The number of primary amides is 1. The number of likely N-dealkylation sites (N-methyl/N-ethyl adjacent to an activating group) is 1. The van der Waals surface area contributed by atoms with Crippen LogP contribution in [-0.2, 0) is 9.59 Å². The molecule has 1 aliphatic rings. The van der Waals surface area contributed by atoms with E-state index in [1.165, 1.54) is 4.90 Å². The molecule has 5 heteroatoms. The van der Waals surface area contributed by atoms with E-state index in [2.05, 4.69) is 0 Å². The van der Waals surface area contributed by atoms with E-state index < -0.39 is 0 Å². The normalized spacial score (nSPS) is 23.3. The number of nitrogens with zero attached hydrogens (tertiary/aromatic N) is 1. The third-order valence-electron chi connectivity index (χ3n) is 4.26. The molecule has 0 aliphatic carbocycles. The molecule has 0 radical (unpaired) electrons. The van der Waals surface area contributed by atoms with Gasteiger partial charge in [-0.2, -0.15) is 0 Å². The molecule has 2 amide bonds. The van der Waals surface area contributed by atoms with Crippen molar-refractivity contribution in [2.24, 2.45) is 11.7 Å². The van der Waals surface area contributed by atoms with Gasteiger partial charge in [0.05, 0.1) is 13.1 Å². The number of rotatable bonds is 4. The van der Waals surface area contributed by atoms with Crippen LogP contribution in [0.2, 0.25) is 0 Å². The van der Waals surface area contributed by atoms with E-state index >= 15 is 0 Å². The fourth-order valence-corrected chi connectivity index (χ4v) is 3.02. The fourth-order valence-electron chi connectivity index (χ4n) is 3.02. The molecule has 3 N–H and O–H groups in total. The standard InChI is InChI=1S/C16H23N3O2/c1-18(2)16(21)14(12-6-4-3-5-7-12)19-10-8-13(9-11-19)15(17)20/h3-7,13-14H,8-11H2,1-2H3,(H2,17,20)/p+1/t14-/m0/s1. The van der Waals surface area contributed by atoms with Gasteiger partial charge in [0.15, 0.2) is 6.04 Å². The van der Waals surface area contributed by atoms with E-state index in [1.54, 1.807) is 19.0 Å². The number of benzene rings is 1. The summed E-state index contributed by atoms with van der Waals surface area (Å²) in [6, 6.07) is 9.67. The molecule has 1 atom stereocenters. The first-order chi connectivity index (χ1) is 10.0. The molecule has 5 nitrogen and oxygen atoms in total. The monoisotopic (exact) mass is 290 g/mol. The predicted octanol–water partition coefficient (Wildman–Crippen LogP) is -0.404. The van der Waals surface area contributed by atoms with Crippen molar-refractivity contribution in [2.45, 2.75) is 18.9 Å². The molecular formula is C16H24N3O2+. The van der Waals surface area contributed by atoms with Crippen molar-refractivity contribution in [1.29, 1.82) is 0 Å². The molecule has 1 fully saturated rings. The van der Waals surface area contributed by atoms with Gasteiger partial charge in [-0.15, -0.1) is 0 Å². The largest absolute Gasteiger partial charge is 0.369 e. The zero-order valence-corrected chi connectivity index (χ0v) is 12.7. The summed E-state index contributed by atoms with van der Waals surface area (Å²) in [4.78, 5) is 26.7. The number of likely N-dealkylation sites (tertiary alicyclic amines) is 1. The molecule has 1 aliphatic heterocycles. The zero-order valence-electron chi connectivity index (χ0n) is 12.7. The molecule has 21 heavy (non-hydrogen) atoms. The van der Waals surface area contributed by atoms with Crippen LogP contribution >= 0.6 is 0 Å². The average Bonchev–Trinajstić information content (AvgIpc) is 2.49. The maximum atomic E-state index is 12.6. The molecule has 0 aromatic heterocycles. The van der Waals surface area contributed by atoms with Crippen molar-refractivity contribution in [3.63, 3.8) is 0 Å². The molecule has 1 aromatic carbocycles. The minimum absolute atomic E-state index is 0.0420. The lowest BCUT2D eigenvalue weighted by Gasteiger charge is -2.34. The first-order valence-electron chi connectivity index (χ1n) is 7.40. The molecule has 0 spiro atoms. The van der Waals surface area contributed by atoms with Crippen LogP contribution in [0.3, 0.4) is 0 Å². The molecule has 114 valence electrons. The maximum absolute atomic E-state index is 12.6. The van der Waals surface area contributed by atoms with Crippen LogP contribution in [-0.4, -0.2) is 43.9 Å². The van der Waals surface area contributed by atoms with Crippen LogP contribution in [0.1, 0.15) is 24.4 Å². The molecule has 0 unspecified atom stereocenters. The number of hydrogen-bond acceptors (Lipinski definition) is 2. The summed E-state index contributed by atoms with van der Waals surface area (Å²) < 4.78 is 0. The number of nitrogens with one attached hydrogen (secondary N) is 1. The Kier molecular flexibility index (Phi) is 4.96.